The van der Waals surface area contributed by atoms with Crippen LogP contribution in [-0.2, 0) is 10.3 Å². The van der Waals surface area contributed by atoms with Crippen molar-refractivity contribution in [1.29, 1.82) is 0 Å². The summed E-state index contributed by atoms with van der Waals surface area (Å²) >= 11 is 0. The molecule has 1 rings (SSSR count). The van der Waals surface area contributed by atoms with E-state index in [9.17, 15) is 9.59 Å². The lowest BCUT2D eigenvalue weighted by Crippen LogP contribution is -2.47. The normalized spacial score (nSPS) is 15.2. The Labute approximate surface area is 75.6 Å². The highest BCUT2D eigenvalue weighted by Crippen LogP contribution is 2.16. The lowest BCUT2D eigenvalue weighted by Gasteiger charge is -2.24. The van der Waals surface area contributed by atoms with Crippen molar-refractivity contribution >= 4 is 5.91 Å². The number of carbonyl (C=O) groups excluding carboxylic acids is 1. The number of H-pyrrole nitrogens is 1. The second-order valence-electron chi connectivity index (χ2n) is 3.13. The fourth-order valence-electron chi connectivity index (χ4n) is 1.17. The van der Waals surface area contributed by atoms with Crippen molar-refractivity contribution in [2.45, 2.75) is 25.8 Å². The highest BCUT2D eigenvalue weighted by Gasteiger charge is 2.32. The first-order valence-corrected chi connectivity index (χ1v) is 4.09. The van der Waals surface area contributed by atoms with E-state index in [4.69, 9.17) is 5.73 Å². The molecule has 0 aliphatic rings. The fourth-order valence-corrected chi connectivity index (χ4v) is 1.17. The van der Waals surface area contributed by atoms with Gasteiger partial charge in [-0.2, -0.15) is 0 Å². The predicted octanol–water partition coefficient (Wildman–Crippen LogP) is -0.213. The van der Waals surface area contributed by atoms with Gasteiger partial charge in [-0.15, -0.1) is 0 Å². The van der Waals surface area contributed by atoms with Crippen LogP contribution in [0.25, 0.3) is 0 Å². The number of rotatable bonds is 3. The van der Waals surface area contributed by atoms with Crippen molar-refractivity contribution < 1.29 is 4.79 Å². The van der Waals surface area contributed by atoms with Gasteiger partial charge in [-0.05, 0) is 13.3 Å². The second kappa shape index (κ2) is 3.08. The van der Waals surface area contributed by atoms with E-state index in [1.165, 1.54) is 17.0 Å². The zero-order valence-corrected chi connectivity index (χ0v) is 7.70. The van der Waals surface area contributed by atoms with Gasteiger partial charge < -0.3 is 10.7 Å². The van der Waals surface area contributed by atoms with Crippen LogP contribution in [0, 0.1) is 0 Å². The molecule has 1 heterocycles. The fraction of sp³-hybridized carbons (Fsp3) is 0.500. The first-order chi connectivity index (χ1) is 6.02. The Bertz CT molecular complexity index is 365. The second-order valence-corrected chi connectivity index (χ2v) is 3.13. The van der Waals surface area contributed by atoms with Gasteiger partial charge in [0.05, 0.1) is 0 Å². The van der Waals surface area contributed by atoms with E-state index in [-0.39, 0.29) is 5.69 Å². The van der Waals surface area contributed by atoms with Gasteiger partial charge in [0, 0.05) is 12.4 Å². The summed E-state index contributed by atoms with van der Waals surface area (Å²) in [5, 5.41) is 0. The Morgan fingerprint density at radius 2 is 2.38 bits per heavy atom. The van der Waals surface area contributed by atoms with Crippen molar-refractivity contribution in [1.82, 2.24) is 9.55 Å². The summed E-state index contributed by atoms with van der Waals surface area (Å²) in [5.41, 5.74) is 3.98. The van der Waals surface area contributed by atoms with Crippen LogP contribution in [-0.4, -0.2) is 15.5 Å². The van der Waals surface area contributed by atoms with Crippen molar-refractivity contribution in [3.05, 3.63) is 22.9 Å². The Balaban J connectivity index is 3.25. The molecule has 0 radical (unpaired) electrons. The Morgan fingerprint density at radius 3 is 2.69 bits per heavy atom. The third-order valence-corrected chi connectivity index (χ3v) is 2.40. The molecule has 1 atom stereocenters. The maximum atomic E-state index is 11.2. The minimum atomic E-state index is -0.933. The van der Waals surface area contributed by atoms with Crippen molar-refractivity contribution in [3.63, 3.8) is 0 Å². The van der Waals surface area contributed by atoms with Gasteiger partial charge in [0.1, 0.15) is 5.54 Å². The molecule has 0 fully saturated rings. The van der Waals surface area contributed by atoms with Gasteiger partial charge in [-0.1, -0.05) is 6.92 Å². The molecule has 0 aliphatic heterocycles. The molecule has 3 N–H and O–H groups in total. The number of aromatic amines is 1. The number of hydrogen-bond acceptors (Lipinski definition) is 2. The van der Waals surface area contributed by atoms with Crippen LogP contribution in [0.5, 0.6) is 0 Å². The minimum absolute atomic E-state index is 0.317. The summed E-state index contributed by atoms with van der Waals surface area (Å²) in [7, 11) is 0. The van der Waals surface area contributed by atoms with Crippen LogP contribution in [0.15, 0.2) is 17.2 Å². The quantitative estimate of drug-likeness (QED) is 0.679. The number of imidazole rings is 1. The van der Waals surface area contributed by atoms with E-state index in [0.29, 0.717) is 6.42 Å². The number of amides is 1. The molecular formula is C8H13N3O2. The van der Waals surface area contributed by atoms with Gasteiger partial charge in [0.15, 0.2) is 0 Å². The molecule has 1 amide bonds. The summed E-state index contributed by atoms with van der Waals surface area (Å²) in [4.78, 5) is 24.8. The number of primary amides is 1. The monoisotopic (exact) mass is 183 g/mol. The third kappa shape index (κ3) is 1.37. The van der Waals surface area contributed by atoms with Gasteiger partial charge in [0.2, 0.25) is 5.91 Å². The van der Waals surface area contributed by atoms with E-state index in [1.807, 2.05) is 6.92 Å². The zero-order chi connectivity index (χ0) is 10.1. The van der Waals surface area contributed by atoms with Gasteiger partial charge in [-0.25, -0.2) is 4.79 Å². The average molecular weight is 183 g/mol. The smallest absolute Gasteiger partial charge is 0.326 e. The zero-order valence-electron chi connectivity index (χ0n) is 7.70. The summed E-state index contributed by atoms with van der Waals surface area (Å²) in [6.07, 6.45) is 3.50. The molecule has 0 saturated heterocycles. The molecule has 1 aromatic rings. The summed E-state index contributed by atoms with van der Waals surface area (Å²) in [5.74, 6) is -0.503. The molecular weight excluding hydrogens is 170 g/mol. The molecule has 1 unspecified atom stereocenters. The number of hydrogen-bond donors (Lipinski definition) is 2. The van der Waals surface area contributed by atoms with Crippen LogP contribution in [0.3, 0.4) is 0 Å². The number of nitrogens with two attached hydrogens (primary N) is 1. The topological polar surface area (TPSA) is 80.9 Å². The molecule has 13 heavy (non-hydrogen) atoms. The van der Waals surface area contributed by atoms with Crippen LogP contribution < -0.4 is 11.4 Å². The molecule has 0 bridgehead atoms. The van der Waals surface area contributed by atoms with Crippen LogP contribution in [0.4, 0.5) is 0 Å². The molecule has 1 aromatic heterocycles. The predicted molar refractivity (Wildman–Crippen MR) is 48.2 cm³/mol. The van der Waals surface area contributed by atoms with Crippen LogP contribution >= 0.6 is 0 Å². The first kappa shape index (κ1) is 9.57. The van der Waals surface area contributed by atoms with Crippen molar-refractivity contribution in [3.8, 4) is 0 Å². The maximum Gasteiger partial charge on any atom is 0.326 e. The van der Waals surface area contributed by atoms with Crippen LogP contribution in [0.2, 0.25) is 0 Å². The maximum absolute atomic E-state index is 11.2. The SMILES string of the molecule is CCC(C)(C(N)=O)n1cc[nH]c1=O. The number of nitrogens with zero attached hydrogens (tertiary/aromatic N) is 1. The van der Waals surface area contributed by atoms with Crippen LogP contribution in [0.1, 0.15) is 20.3 Å². The Kier molecular flexibility index (Phi) is 2.27. The highest BCUT2D eigenvalue weighted by atomic mass is 16.2. The molecule has 5 nitrogen and oxygen atoms in total. The van der Waals surface area contributed by atoms with E-state index in [2.05, 4.69) is 4.98 Å². The van der Waals surface area contributed by atoms with E-state index >= 15 is 0 Å². The third-order valence-electron chi connectivity index (χ3n) is 2.40. The molecule has 72 valence electrons. The standard InChI is InChI=1S/C8H13N3O2/c1-3-8(2,6(9)12)11-5-4-10-7(11)13/h4-5H,3H2,1-2H3,(H2,9,12)(H,10,13). The first-order valence-electron chi connectivity index (χ1n) is 4.09. The van der Waals surface area contributed by atoms with E-state index in [0.717, 1.165) is 0 Å². The summed E-state index contributed by atoms with van der Waals surface area (Å²) in [6, 6.07) is 0. The number of nitrogens with one attached hydrogen (secondary N) is 1. The van der Waals surface area contributed by atoms with E-state index < -0.39 is 11.4 Å². The molecule has 5 heteroatoms. The largest absolute Gasteiger partial charge is 0.368 e. The average Bonchev–Trinajstić information content (AvgIpc) is 2.50. The Morgan fingerprint density at radius 1 is 1.77 bits per heavy atom. The summed E-state index contributed by atoms with van der Waals surface area (Å²) in [6.45, 7) is 3.45. The molecule has 0 aromatic carbocycles. The minimum Gasteiger partial charge on any atom is -0.368 e. The molecule has 0 spiro atoms. The molecule has 0 aliphatic carbocycles. The van der Waals surface area contributed by atoms with Crippen molar-refractivity contribution in [2.75, 3.05) is 0 Å². The number of aromatic nitrogens is 2. The lowest BCUT2D eigenvalue weighted by atomic mass is 9.98. The van der Waals surface area contributed by atoms with E-state index in [1.54, 1.807) is 6.92 Å². The van der Waals surface area contributed by atoms with Crippen molar-refractivity contribution in [2.24, 2.45) is 5.73 Å². The number of carbonyl (C=O) groups is 1. The Hall–Kier alpha value is -1.52. The van der Waals surface area contributed by atoms with Gasteiger partial charge in [0.25, 0.3) is 0 Å². The molecule has 0 saturated carbocycles. The van der Waals surface area contributed by atoms with Gasteiger partial charge in [-0.3, -0.25) is 9.36 Å². The van der Waals surface area contributed by atoms with Gasteiger partial charge >= 0.3 is 5.69 Å². The lowest BCUT2D eigenvalue weighted by molar-refractivity contribution is -0.126. The highest BCUT2D eigenvalue weighted by molar-refractivity contribution is 5.82. The summed E-state index contributed by atoms with van der Waals surface area (Å²) < 4.78 is 1.31.